The van der Waals surface area contributed by atoms with E-state index in [1.165, 1.54) is 18.2 Å². The zero-order chi connectivity index (χ0) is 17.0. The van der Waals surface area contributed by atoms with E-state index >= 15 is 0 Å². The maximum Gasteiger partial charge on any atom is 0.257 e. The van der Waals surface area contributed by atoms with Crippen LogP contribution in [0.3, 0.4) is 0 Å². The van der Waals surface area contributed by atoms with Crippen molar-refractivity contribution in [2.24, 2.45) is 5.92 Å². The summed E-state index contributed by atoms with van der Waals surface area (Å²) in [6.07, 6.45) is 1.64. The molecule has 0 unspecified atom stereocenters. The minimum Gasteiger partial charge on any atom is -0.339 e. The maximum absolute atomic E-state index is 13.8. The molecule has 0 atom stereocenters. The molecule has 0 aromatic heterocycles. The average molecular weight is 341 g/mol. The fraction of sp³-hybridized carbons (Fsp3) is 0.529. The fourth-order valence-electron chi connectivity index (χ4n) is 2.86. The van der Waals surface area contributed by atoms with Crippen molar-refractivity contribution >= 4 is 23.4 Å². The SMILES string of the molecule is CCC(CC)C(=O)N1CCN(C(=O)c2cc(Cl)ccc2F)CC1. The predicted molar refractivity (Wildman–Crippen MR) is 88.0 cm³/mol. The van der Waals surface area contributed by atoms with Gasteiger partial charge in [0.15, 0.2) is 0 Å². The molecule has 2 rings (SSSR count). The van der Waals surface area contributed by atoms with Crippen molar-refractivity contribution in [2.45, 2.75) is 26.7 Å². The van der Waals surface area contributed by atoms with E-state index < -0.39 is 5.82 Å². The molecule has 1 aliphatic rings. The molecule has 0 radical (unpaired) electrons. The second-order valence-electron chi connectivity index (χ2n) is 5.76. The standard InChI is InChI=1S/C17H22ClFN2O2/c1-3-12(4-2)16(22)20-7-9-21(10-8-20)17(23)14-11-13(18)5-6-15(14)19/h5-6,11-12H,3-4,7-10H2,1-2H3. The Morgan fingerprint density at radius 2 is 1.70 bits per heavy atom. The lowest BCUT2D eigenvalue weighted by Crippen LogP contribution is -2.52. The van der Waals surface area contributed by atoms with Gasteiger partial charge in [0.05, 0.1) is 5.56 Å². The molecule has 1 aromatic rings. The lowest BCUT2D eigenvalue weighted by molar-refractivity contribution is -0.137. The van der Waals surface area contributed by atoms with E-state index in [4.69, 9.17) is 11.6 Å². The molecule has 1 saturated heterocycles. The largest absolute Gasteiger partial charge is 0.339 e. The first-order valence-electron chi connectivity index (χ1n) is 8.01. The van der Waals surface area contributed by atoms with Gasteiger partial charge in [-0.1, -0.05) is 25.4 Å². The van der Waals surface area contributed by atoms with E-state index in [2.05, 4.69) is 0 Å². The van der Waals surface area contributed by atoms with E-state index in [-0.39, 0.29) is 23.3 Å². The average Bonchev–Trinajstić information content (AvgIpc) is 2.57. The molecular formula is C17H22ClFN2O2. The van der Waals surface area contributed by atoms with Gasteiger partial charge in [-0.2, -0.15) is 0 Å². The van der Waals surface area contributed by atoms with Crippen LogP contribution in [0, 0.1) is 11.7 Å². The molecule has 2 amide bonds. The number of halogens is 2. The third kappa shape index (κ3) is 4.02. The quantitative estimate of drug-likeness (QED) is 0.844. The summed E-state index contributed by atoms with van der Waals surface area (Å²) in [4.78, 5) is 28.1. The Hall–Kier alpha value is -1.62. The number of nitrogens with zero attached hydrogens (tertiary/aromatic N) is 2. The van der Waals surface area contributed by atoms with Crippen molar-refractivity contribution in [2.75, 3.05) is 26.2 Å². The molecule has 1 fully saturated rings. The second kappa shape index (κ2) is 7.77. The number of rotatable bonds is 4. The summed E-state index contributed by atoms with van der Waals surface area (Å²) < 4.78 is 13.8. The molecule has 1 heterocycles. The number of hydrogen-bond acceptors (Lipinski definition) is 2. The summed E-state index contributed by atoms with van der Waals surface area (Å²) >= 11 is 5.84. The van der Waals surface area contributed by atoms with Gasteiger partial charge in [-0.15, -0.1) is 0 Å². The van der Waals surface area contributed by atoms with E-state index in [0.717, 1.165) is 12.8 Å². The number of carbonyl (C=O) groups excluding carboxylic acids is 2. The normalized spacial score (nSPS) is 15.2. The van der Waals surface area contributed by atoms with Gasteiger partial charge in [-0.25, -0.2) is 4.39 Å². The van der Waals surface area contributed by atoms with Gasteiger partial charge in [-0.3, -0.25) is 9.59 Å². The Bertz CT molecular complexity index is 582. The Balaban J connectivity index is 2.00. The highest BCUT2D eigenvalue weighted by Gasteiger charge is 2.28. The van der Waals surface area contributed by atoms with Gasteiger partial charge < -0.3 is 9.80 Å². The summed E-state index contributed by atoms with van der Waals surface area (Å²) in [5, 5.41) is 0.331. The number of carbonyl (C=O) groups is 2. The van der Waals surface area contributed by atoms with Gasteiger partial charge in [0, 0.05) is 37.1 Å². The van der Waals surface area contributed by atoms with E-state index in [0.29, 0.717) is 31.2 Å². The number of benzene rings is 1. The van der Waals surface area contributed by atoms with Crippen molar-refractivity contribution in [3.05, 3.63) is 34.6 Å². The molecule has 1 aromatic carbocycles. The summed E-state index contributed by atoms with van der Waals surface area (Å²) in [5.74, 6) is -0.756. The van der Waals surface area contributed by atoms with E-state index in [9.17, 15) is 14.0 Å². The van der Waals surface area contributed by atoms with Crippen molar-refractivity contribution in [3.8, 4) is 0 Å². The monoisotopic (exact) mass is 340 g/mol. The first-order chi connectivity index (χ1) is 11.0. The van der Waals surface area contributed by atoms with Crippen molar-refractivity contribution in [3.63, 3.8) is 0 Å². The molecule has 6 heteroatoms. The van der Waals surface area contributed by atoms with Crippen LogP contribution in [0.4, 0.5) is 4.39 Å². The van der Waals surface area contributed by atoms with Gasteiger partial charge in [0.25, 0.3) is 5.91 Å². The Morgan fingerprint density at radius 3 is 2.26 bits per heavy atom. The molecule has 4 nitrogen and oxygen atoms in total. The number of hydrogen-bond donors (Lipinski definition) is 0. The first kappa shape index (κ1) is 17.7. The van der Waals surface area contributed by atoms with E-state index in [1.807, 2.05) is 13.8 Å². The van der Waals surface area contributed by atoms with Crippen LogP contribution in [-0.2, 0) is 4.79 Å². The molecule has 0 N–H and O–H groups in total. The van der Waals surface area contributed by atoms with Crippen LogP contribution >= 0.6 is 11.6 Å². The summed E-state index contributed by atoms with van der Waals surface area (Å²) in [7, 11) is 0. The van der Waals surface area contributed by atoms with Crippen LogP contribution in [0.1, 0.15) is 37.0 Å². The number of amides is 2. The van der Waals surface area contributed by atoms with Gasteiger partial charge >= 0.3 is 0 Å². The van der Waals surface area contributed by atoms with Crippen molar-refractivity contribution in [1.82, 2.24) is 9.80 Å². The van der Waals surface area contributed by atoms with Crippen LogP contribution < -0.4 is 0 Å². The fourth-order valence-corrected chi connectivity index (χ4v) is 3.03. The lowest BCUT2D eigenvalue weighted by Gasteiger charge is -2.36. The van der Waals surface area contributed by atoms with Crippen LogP contribution in [0.2, 0.25) is 5.02 Å². The van der Waals surface area contributed by atoms with Gasteiger partial charge in [0.1, 0.15) is 5.82 Å². The Kier molecular flexibility index (Phi) is 5.99. The minimum absolute atomic E-state index is 0.0164. The third-order valence-corrected chi connectivity index (χ3v) is 4.61. The molecule has 0 bridgehead atoms. The molecular weight excluding hydrogens is 319 g/mol. The topological polar surface area (TPSA) is 40.6 Å². The highest BCUT2D eigenvalue weighted by molar-refractivity contribution is 6.31. The Morgan fingerprint density at radius 1 is 1.13 bits per heavy atom. The summed E-state index contributed by atoms with van der Waals surface area (Å²) in [5.41, 5.74) is -0.0164. The van der Waals surface area contributed by atoms with Crippen molar-refractivity contribution in [1.29, 1.82) is 0 Å². The minimum atomic E-state index is -0.574. The summed E-state index contributed by atoms with van der Waals surface area (Å²) in [6, 6.07) is 3.96. The van der Waals surface area contributed by atoms with Crippen LogP contribution in [0.15, 0.2) is 18.2 Å². The zero-order valence-corrected chi connectivity index (χ0v) is 14.3. The van der Waals surface area contributed by atoms with Crippen molar-refractivity contribution < 1.29 is 14.0 Å². The van der Waals surface area contributed by atoms with Gasteiger partial charge in [0.2, 0.25) is 5.91 Å². The van der Waals surface area contributed by atoms with Crippen LogP contribution in [-0.4, -0.2) is 47.8 Å². The molecule has 0 saturated carbocycles. The zero-order valence-electron chi connectivity index (χ0n) is 13.5. The lowest BCUT2D eigenvalue weighted by atomic mass is 10.0. The predicted octanol–water partition coefficient (Wildman–Crippen LogP) is 3.20. The molecule has 23 heavy (non-hydrogen) atoms. The second-order valence-corrected chi connectivity index (χ2v) is 6.19. The maximum atomic E-state index is 13.8. The number of piperazine rings is 1. The highest BCUT2D eigenvalue weighted by atomic mass is 35.5. The smallest absolute Gasteiger partial charge is 0.257 e. The van der Waals surface area contributed by atoms with Crippen LogP contribution in [0.5, 0.6) is 0 Å². The molecule has 0 aliphatic carbocycles. The van der Waals surface area contributed by atoms with Gasteiger partial charge in [-0.05, 0) is 31.0 Å². The molecule has 126 valence electrons. The van der Waals surface area contributed by atoms with E-state index in [1.54, 1.807) is 9.80 Å². The Labute approximate surface area is 141 Å². The summed E-state index contributed by atoms with van der Waals surface area (Å²) in [6.45, 7) is 5.82. The third-order valence-electron chi connectivity index (χ3n) is 4.37. The van der Waals surface area contributed by atoms with Crippen LogP contribution in [0.25, 0.3) is 0 Å². The first-order valence-corrected chi connectivity index (χ1v) is 8.38. The molecule has 0 spiro atoms. The highest BCUT2D eigenvalue weighted by Crippen LogP contribution is 2.19. The molecule has 1 aliphatic heterocycles.